The van der Waals surface area contributed by atoms with Gasteiger partial charge in [-0.05, 0) is 30.3 Å². The van der Waals surface area contributed by atoms with Crippen LogP contribution < -0.4 is 11.2 Å². The highest BCUT2D eigenvalue weighted by atomic mass is 35.5. The molecule has 12 heteroatoms. The van der Waals surface area contributed by atoms with E-state index in [4.69, 9.17) is 11.6 Å². The standard InChI is InChI=1S/C15H12ClF3N6O2/c1-3-24-21-13(20-22-24)9-6-8(4-5-10(9)16)25-12(26)7-11(15(17,18)19)23(2)14(25)27/h4-7H,3H2,1-2H3. The molecule has 0 aliphatic carbocycles. The molecule has 0 amide bonds. The molecule has 0 atom stereocenters. The van der Waals surface area contributed by atoms with Crippen LogP contribution in [0.1, 0.15) is 12.6 Å². The summed E-state index contributed by atoms with van der Waals surface area (Å²) < 4.78 is 39.9. The second-order valence-electron chi connectivity index (χ2n) is 5.51. The van der Waals surface area contributed by atoms with Gasteiger partial charge in [0.15, 0.2) is 0 Å². The monoisotopic (exact) mass is 400 g/mol. The molecule has 0 aliphatic heterocycles. The maximum atomic E-state index is 13.0. The van der Waals surface area contributed by atoms with Crippen LogP contribution in [-0.4, -0.2) is 29.3 Å². The Bertz CT molecular complexity index is 1130. The number of hydrogen-bond donors (Lipinski definition) is 0. The number of aryl methyl sites for hydroxylation is 1. The van der Waals surface area contributed by atoms with Crippen LogP contribution in [0.5, 0.6) is 0 Å². The van der Waals surface area contributed by atoms with Crippen LogP contribution >= 0.6 is 11.6 Å². The quantitative estimate of drug-likeness (QED) is 0.670. The zero-order valence-corrected chi connectivity index (χ0v) is 14.8. The highest BCUT2D eigenvalue weighted by molar-refractivity contribution is 6.33. The van der Waals surface area contributed by atoms with Gasteiger partial charge in [-0.25, -0.2) is 9.36 Å². The van der Waals surface area contributed by atoms with E-state index < -0.39 is 23.1 Å². The predicted octanol–water partition coefficient (Wildman–Crippen LogP) is 1.88. The zero-order chi connectivity index (χ0) is 19.9. The van der Waals surface area contributed by atoms with Crippen molar-refractivity contribution in [2.24, 2.45) is 7.05 Å². The lowest BCUT2D eigenvalue weighted by molar-refractivity contribution is -0.144. The Morgan fingerprint density at radius 3 is 2.48 bits per heavy atom. The molecule has 0 fully saturated rings. The molecule has 1 aromatic carbocycles. The van der Waals surface area contributed by atoms with Crippen molar-refractivity contribution in [3.63, 3.8) is 0 Å². The van der Waals surface area contributed by atoms with Gasteiger partial charge in [0.05, 0.1) is 17.3 Å². The molecule has 0 radical (unpaired) electrons. The van der Waals surface area contributed by atoms with Gasteiger partial charge in [-0.2, -0.15) is 18.0 Å². The molecule has 3 aromatic rings. The van der Waals surface area contributed by atoms with E-state index in [2.05, 4.69) is 15.4 Å². The van der Waals surface area contributed by atoms with Crippen LogP contribution in [0.2, 0.25) is 5.02 Å². The van der Waals surface area contributed by atoms with E-state index in [0.717, 1.165) is 7.05 Å². The van der Waals surface area contributed by atoms with Crippen molar-refractivity contribution in [1.82, 2.24) is 29.3 Å². The summed E-state index contributed by atoms with van der Waals surface area (Å²) in [5.74, 6) is 0.153. The minimum atomic E-state index is -4.83. The van der Waals surface area contributed by atoms with E-state index in [1.54, 1.807) is 6.92 Å². The summed E-state index contributed by atoms with van der Waals surface area (Å²) >= 11 is 6.13. The lowest BCUT2D eigenvalue weighted by Gasteiger charge is -2.14. The largest absolute Gasteiger partial charge is 0.431 e. The van der Waals surface area contributed by atoms with Gasteiger partial charge in [-0.1, -0.05) is 11.6 Å². The van der Waals surface area contributed by atoms with E-state index >= 15 is 0 Å². The third kappa shape index (κ3) is 3.37. The Hall–Kier alpha value is -2.95. The summed E-state index contributed by atoms with van der Waals surface area (Å²) in [6.45, 7) is 2.26. The fourth-order valence-corrected chi connectivity index (χ4v) is 2.65. The van der Waals surface area contributed by atoms with Gasteiger partial charge in [0.2, 0.25) is 5.82 Å². The van der Waals surface area contributed by atoms with Gasteiger partial charge in [0.25, 0.3) is 5.56 Å². The third-order valence-corrected chi connectivity index (χ3v) is 4.12. The van der Waals surface area contributed by atoms with Crippen molar-refractivity contribution in [3.8, 4) is 17.1 Å². The number of benzene rings is 1. The molecule has 142 valence electrons. The average Bonchev–Trinajstić information content (AvgIpc) is 3.07. The first-order valence-corrected chi connectivity index (χ1v) is 7.99. The number of aromatic nitrogens is 6. The molecule has 0 unspecified atom stereocenters. The predicted molar refractivity (Wildman–Crippen MR) is 89.8 cm³/mol. The fourth-order valence-electron chi connectivity index (χ4n) is 2.44. The van der Waals surface area contributed by atoms with Gasteiger partial charge in [-0.3, -0.25) is 9.36 Å². The number of halogens is 4. The number of rotatable bonds is 3. The van der Waals surface area contributed by atoms with E-state index in [0.29, 0.717) is 21.7 Å². The summed E-state index contributed by atoms with van der Waals surface area (Å²) in [5.41, 5.74) is -3.29. The van der Waals surface area contributed by atoms with Crippen LogP contribution in [-0.2, 0) is 19.8 Å². The Balaban J connectivity index is 2.21. The molecular formula is C15H12ClF3N6O2. The normalized spacial score (nSPS) is 11.8. The third-order valence-electron chi connectivity index (χ3n) is 3.80. The lowest BCUT2D eigenvalue weighted by Crippen LogP contribution is -2.40. The smallest absolute Gasteiger partial charge is 0.292 e. The molecule has 2 heterocycles. The summed E-state index contributed by atoms with van der Waals surface area (Å²) in [4.78, 5) is 25.9. The Kier molecular flexibility index (Phi) is 4.64. The highest BCUT2D eigenvalue weighted by Crippen LogP contribution is 2.28. The molecule has 0 saturated heterocycles. The highest BCUT2D eigenvalue weighted by Gasteiger charge is 2.35. The SMILES string of the molecule is CCn1nnc(-c2cc(-n3c(=O)cc(C(F)(F)F)n(C)c3=O)ccc2Cl)n1. The second-order valence-corrected chi connectivity index (χ2v) is 5.92. The molecule has 0 N–H and O–H groups in total. The second kappa shape index (κ2) is 6.65. The molecule has 3 rings (SSSR count). The minimum absolute atomic E-state index is 0.0292. The molecule has 2 aromatic heterocycles. The summed E-state index contributed by atoms with van der Waals surface area (Å²) in [7, 11) is 0.937. The van der Waals surface area contributed by atoms with Crippen LogP contribution in [0, 0.1) is 0 Å². The summed E-state index contributed by atoms with van der Waals surface area (Å²) in [6.07, 6.45) is -4.83. The van der Waals surface area contributed by atoms with Crippen molar-refractivity contribution in [1.29, 1.82) is 0 Å². The number of alkyl halides is 3. The van der Waals surface area contributed by atoms with Crippen molar-refractivity contribution in [2.45, 2.75) is 19.6 Å². The lowest BCUT2D eigenvalue weighted by atomic mass is 10.2. The summed E-state index contributed by atoms with van der Waals surface area (Å²) in [5, 5.41) is 12.0. The topological polar surface area (TPSA) is 87.6 Å². The molecule has 0 spiro atoms. The Morgan fingerprint density at radius 2 is 1.89 bits per heavy atom. The van der Waals surface area contributed by atoms with E-state index in [1.165, 1.54) is 23.0 Å². The van der Waals surface area contributed by atoms with Gasteiger partial charge in [-0.15, -0.1) is 10.2 Å². The number of nitrogens with zero attached hydrogens (tertiary/aromatic N) is 6. The molecule has 0 bridgehead atoms. The first kappa shape index (κ1) is 18.8. The molecule has 0 aliphatic rings. The van der Waals surface area contributed by atoms with Crippen molar-refractivity contribution >= 4 is 11.6 Å². The fraction of sp³-hybridized carbons (Fsp3) is 0.267. The minimum Gasteiger partial charge on any atom is -0.292 e. The average molecular weight is 401 g/mol. The zero-order valence-electron chi connectivity index (χ0n) is 14.0. The van der Waals surface area contributed by atoms with Crippen molar-refractivity contribution < 1.29 is 13.2 Å². The van der Waals surface area contributed by atoms with Gasteiger partial charge in [0.1, 0.15) is 5.69 Å². The van der Waals surface area contributed by atoms with E-state index in [-0.39, 0.29) is 22.1 Å². The molecular weight excluding hydrogens is 389 g/mol. The Labute approximate surface area is 154 Å². The summed E-state index contributed by atoms with van der Waals surface area (Å²) in [6, 6.07) is 4.44. The van der Waals surface area contributed by atoms with Crippen molar-refractivity contribution in [3.05, 3.63) is 55.8 Å². The van der Waals surface area contributed by atoms with Gasteiger partial charge in [0, 0.05) is 18.7 Å². The number of tetrazole rings is 1. The van der Waals surface area contributed by atoms with E-state index in [9.17, 15) is 22.8 Å². The van der Waals surface area contributed by atoms with Crippen LogP contribution in [0.3, 0.4) is 0 Å². The molecule has 0 saturated carbocycles. The van der Waals surface area contributed by atoms with Crippen LogP contribution in [0.4, 0.5) is 13.2 Å². The maximum absolute atomic E-state index is 13.0. The van der Waals surface area contributed by atoms with Gasteiger partial charge >= 0.3 is 11.9 Å². The number of hydrogen-bond acceptors (Lipinski definition) is 5. The molecule has 8 nitrogen and oxygen atoms in total. The maximum Gasteiger partial charge on any atom is 0.431 e. The van der Waals surface area contributed by atoms with Crippen LogP contribution in [0.15, 0.2) is 33.9 Å². The first-order chi connectivity index (χ1) is 12.6. The van der Waals surface area contributed by atoms with Crippen molar-refractivity contribution in [2.75, 3.05) is 0 Å². The van der Waals surface area contributed by atoms with Gasteiger partial charge < -0.3 is 0 Å². The van der Waals surface area contributed by atoms with Crippen LogP contribution in [0.25, 0.3) is 17.1 Å². The molecule has 27 heavy (non-hydrogen) atoms. The van der Waals surface area contributed by atoms with E-state index in [1.807, 2.05) is 0 Å². The first-order valence-electron chi connectivity index (χ1n) is 7.62. The Morgan fingerprint density at radius 1 is 1.19 bits per heavy atom.